The SMILES string of the molecule is CNC1CCC2=C1CN(c1c(F)cc3c(=O)c(C(=O)O)cn(-c4ccc(F)cc4)c3c1F)C2. The Balaban J connectivity index is 1.73. The van der Waals surface area contributed by atoms with E-state index in [0.29, 0.717) is 13.1 Å². The van der Waals surface area contributed by atoms with Crippen LogP contribution in [0.3, 0.4) is 0 Å². The number of aromatic nitrogens is 1. The second kappa shape index (κ2) is 7.77. The Morgan fingerprint density at radius 1 is 1.15 bits per heavy atom. The largest absolute Gasteiger partial charge is 0.477 e. The summed E-state index contributed by atoms with van der Waals surface area (Å²) in [5.41, 5.74) is 0.335. The zero-order valence-electron chi connectivity index (χ0n) is 17.7. The standard InChI is InChI=1S/C24H20F3N3O3/c1-28-19-7-2-12-9-29(10-16(12)19)22-18(26)8-15-21(20(22)27)30(11-17(23(15)31)24(32)33)14-5-3-13(25)4-6-14/h3-6,8,11,19,28H,2,7,9-10H2,1H3,(H,32,33). The Bertz CT molecular complexity index is 1400. The Labute approximate surface area is 186 Å². The summed E-state index contributed by atoms with van der Waals surface area (Å²) in [4.78, 5) is 26.0. The van der Waals surface area contributed by atoms with E-state index in [0.717, 1.165) is 53.0 Å². The lowest BCUT2D eigenvalue weighted by molar-refractivity contribution is 0.0695. The van der Waals surface area contributed by atoms with Gasteiger partial charge in [0.2, 0.25) is 5.43 Å². The second-order valence-corrected chi connectivity index (χ2v) is 8.31. The highest BCUT2D eigenvalue weighted by Crippen LogP contribution is 2.39. The number of nitrogens with one attached hydrogen (secondary N) is 1. The van der Waals surface area contributed by atoms with Gasteiger partial charge in [0.1, 0.15) is 22.9 Å². The number of benzene rings is 2. The first kappa shape index (κ1) is 21.3. The molecule has 0 bridgehead atoms. The predicted molar refractivity (Wildman–Crippen MR) is 118 cm³/mol. The third-order valence-electron chi connectivity index (χ3n) is 6.51. The molecule has 0 spiro atoms. The highest BCUT2D eigenvalue weighted by atomic mass is 19.1. The van der Waals surface area contributed by atoms with Gasteiger partial charge in [0, 0.05) is 31.0 Å². The number of pyridine rings is 1. The van der Waals surface area contributed by atoms with Crippen LogP contribution < -0.4 is 15.6 Å². The number of likely N-dealkylation sites (N-methyl/N-ethyl adjacent to an activating group) is 1. The normalized spacial score (nSPS) is 17.8. The van der Waals surface area contributed by atoms with Gasteiger partial charge in [-0.25, -0.2) is 18.0 Å². The van der Waals surface area contributed by atoms with E-state index in [-0.39, 0.29) is 22.9 Å². The Hall–Kier alpha value is -3.59. The first-order chi connectivity index (χ1) is 15.8. The van der Waals surface area contributed by atoms with Gasteiger partial charge >= 0.3 is 5.97 Å². The molecular weight excluding hydrogens is 435 g/mol. The van der Waals surface area contributed by atoms with Crippen LogP contribution in [0.5, 0.6) is 0 Å². The molecule has 1 aliphatic carbocycles. The summed E-state index contributed by atoms with van der Waals surface area (Å²) in [7, 11) is 1.85. The molecule has 9 heteroatoms. The number of carboxylic acid groups (broad SMARTS) is 1. The summed E-state index contributed by atoms with van der Waals surface area (Å²) >= 11 is 0. The van der Waals surface area contributed by atoms with Crippen molar-refractivity contribution in [2.45, 2.75) is 18.9 Å². The zero-order valence-corrected chi connectivity index (χ0v) is 17.7. The average Bonchev–Trinajstić information content (AvgIpc) is 3.35. The number of hydrogen-bond donors (Lipinski definition) is 2. The van der Waals surface area contributed by atoms with Crippen LogP contribution in [0.4, 0.5) is 18.9 Å². The Morgan fingerprint density at radius 2 is 1.88 bits per heavy atom. The van der Waals surface area contributed by atoms with Gasteiger partial charge in [0.05, 0.1) is 10.9 Å². The van der Waals surface area contributed by atoms with Crippen LogP contribution in [-0.2, 0) is 0 Å². The number of rotatable bonds is 4. The van der Waals surface area contributed by atoms with Gasteiger partial charge < -0.3 is 19.9 Å². The summed E-state index contributed by atoms with van der Waals surface area (Å²) in [6, 6.07) is 5.98. The summed E-state index contributed by atoms with van der Waals surface area (Å²) in [6.07, 6.45) is 2.78. The van der Waals surface area contributed by atoms with Gasteiger partial charge in [0.15, 0.2) is 5.82 Å². The molecule has 1 aromatic heterocycles. The van der Waals surface area contributed by atoms with E-state index < -0.39 is 39.8 Å². The van der Waals surface area contributed by atoms with Gasteiger partial charge in [-0.15, -0.1) is 0 Å². The maximum atomic E-state index is 16.0. The lowest BCUT2D eigenvalue weighted by atomic mass is 10.1. The summed E-state index contributed by atoms with van der Waals surface area (Å²) in [6.45, 7) is 0.731. The number of anilines is 1. The third kappa shape index (κ3) is 3.31. The van der Waals surface area contributed by atoms with Crippen molar-refractivity contribution in [1.29, 1.82) is 0 Å². The van der Waals surface area contributed by atoms with Crippen LogP contribution in [0.2, 0.25) is 0 Å². The molecule has 2 heterocycles. The number of aromatic carboxylic acids is 1. The van der Waals surface area contributed by atoms with E-state index >= 15 is 8.78 Å². The number of nitrogens with zero attached hydrogens (tertiary/aromatic N) is 2. The van der Waals surface area contributed by atoms with Gasteiger partial charge in [-0.05, 0) is 61.4 Å². The fourth-order valence-electron chi connectivity index (χ4n) is 4.92. The van der Waals surface area contributed by atoms with Crippen molar-refractivity contribution >= 4 is 22.6 Å². The zero-order chi connectivity index (χ0) is 23.4. The monoisotopic (exact) mass is 455 g/mol. The van der Waals surface area contributed by atoms with E-state index in [1.807, 2.05) is 7.05 Å². The number of carbonyl (C=O) groups is 1. The van der Waals surface area contributed by atoms with Crippen molar-refractivity contribution in [3.63, 3.8) is 0 Å². The van der Waals surface area contributed by atoms with Crippen LogP contribution in [0.15, 0.2) is 52.5 Å². The lowest BCUT2D eigenvalue weighted by Crippen LogP contribution is -2.31. The van der Waals surface area contributed by atoms with Crippen molar-refractivity contribution < 1.29 is 23.1 Å². The van der Waals surface area contributed by atoms with E-state index in [2.05, 4.69) is 5.32 Å². The quantitative estimate of drug-likeness (QED) is 0.588. The number of halogens is 3. The molecule has 6 nitrogen and oxygen atoms in total. The average molecular weight is 455 g/mol. The molecule has 3 aromatic rings. The van der Waals surface area contributed by atoms with Crippen molar-refractivity contribution in [3.05, 3.63) is 80.9 Å². The maximum Gasteiger partial charge on any atom is 0.341 e. The highest BCUT2D eigenvalue weighted by molar-refractivity contribution is 5.94. The molecule has 0 saturated carbocycles. The molecule has 33 heavy (non-hydrogen) atoms. The summed E-state index contributed by atoms with van der Waals surface area (Å²) in [5.74, 6) is -3.97. The molecule has 0 amide bonds. The van der Waals surface area contributed by atoms with E-state index in [9.17, 15) is 19.1 Å². The van der Waals surface area contributed by atoms with Gasteiger partial charge in [-0.3, -0.25) is 4.79 Å². The molecule has 1 atom stereocenters. The topological polar surface area (TPSA) is 74.6 Å². The minimum atomic E-state index is -1.53. The molecule has 0 fully saturated rings. The molecule has 1 unspecified atom stereocenters. The minimum absolute atomic E-state index is 0.159. The van der Waals surface area contributed by atoms with E-state index in [4.69, 9.17) is 0 Å². The Kier molecular flexibility index (Phi) is 5.01. The van der Waals surface area contributed by atoms with Gasteiger partial charge in [-0.1, -0.05) is 0 Å². The van der Waals surface area contributed by atoms with Crippen LogP contribution in [0.25, 0.3) is 16.6 Å². The van der Waals surface area contributed by atoms with Gasteiger partial charge in [-0.2, -0.15) is 0 Å². The number of hydrogen-bond acceptors (Lipinski definition) is 4. The van der Waals surface area contributed by atoms with Crippen LogP contribution in [0.1, 0.15) is 23.2 Å². The van der Waals surface area contributed by atoms with Crippen LogP contribution >= 0.6 is 0 Å². The van der Waals surface area contributed by atoms with Gasteiger partial charge in [0.25, 0.3) is 0 Å². The minimum Gasteiger partial charge on any atom is -0.477 e. The van der Waals surface area contributed by atoms with Crippen LogP contribution in [-0.4, -0.2) is 41.8 Å². The predicted octanol–water partition coefficient (Wildman–Crippen LogP) is 3.60. The third-order valence-corrected chi connectivity index (χ3v) is 6.51. The molecule has 1 aliphatic heterocycles. The maximum absolute atomic E-state index is 16.0. The molecule has 5 rings (SSSR count). The number of fused-ring (bicyclic) bond motifs is 1. The lowest BCUT2D eigenvalue weighted by Gasteiger charge is -2.25. The number of carboxylic acids is 1. The molecule has 2 aliphatic rings. The Morgan fingerprint density at radius 3 is 2.55 bits per heavy atom. The summed E-state index contributed by atoms with van der Waals surface area (Å²) in [5, 5.41) is 12.3. The first-order valence-corrected chi connectivity index (χ1v) is 10.5. The van der Waals surface area contributed by atoms with Crippen molar-refractivity contribution in [1.82, 2.24) is 9.88 Å². The smallest absolute Gasteiger partial charge is 0.341 e. The van der Waals surface area contributed by atoms with Crippen molar-refractivity contribution in [2.75, 3.05) is 25.0 Å². The first-order valence-electron chi connectivity index (χ1n) is 10.5. The molecule has 2 aromatic carbocycles. The molecule has 0 saturated heterocycles. The fourth-order valence-corrected chi connectivity index (χ4v) is 4.92. The molecule has 170 valence electrons. The molecule has 2 N–H and O–H groups in total. The second-order valence-electron chi connectivity index (χ2n) is 8.31. The highest BCUT2D eigenvalue weighted by Gasteiger charge is 2.35. The molecule has 0 radical (unpaired) electrons. The molecular formula is C24H20F3N3O3. The van der Waals surface area contributed by atoms with Crippen molar-refractivity contribution in [3.8, 4) is 5.69 Å². The van der Waals surface area contributed by atoms with Crippen molar-refractivity contribution in [2.24, 2.45) is 0 Å². The van der Waals surface area contributed by atoms with E-state index in [1.165, 1.54) is 12.1 Å². The van der Waals surface area contributed by atoms with Crippen LogP contribution in [0, 0.1) is 17.5 Å². The van der Waals surface area contributed by atoms with E-state index in [1.54, 1.807) is 4.90 Å². The fraction of sp³-hybridized carbons (Fsp3) is 0.250. The summed E-state index contributed by atoms with van der Waals surface area (Å²) < 4.78 is 45.8.